The van der Waals surface area contributed by atoms with E-state index in [0.717, 1.165) is 0 Å². The molecular weight excluding hydrogens is 436 g/mol. The molecule has 30 heavy (non-hydrogen) atoms. The Hall–Kier alpha value is -2.98. The van der Waals surface area contributed by atoms with Crippen molar-refractivity contribution in [2.45, 2.75) is 6.42 Å². The number of sulfonamides is 1. The average molecular weight is 455 g/mol. The number of halogens is 1. The highest BCUT2D eigenvalue weighted by atomic mass is 35.5. The molecule has 1 N–H and O–H groups in total. The minimum Gasteiger partial charge on any atom is -0.493 e. The monoisotopic (exact) mass is 454 g/mol. The van der Waals surface area contributed by atoms with Gasteiger partial charge in [0.05, 0.1) is 43.4 Å². The van der Waals surface area contributed by atoms with Crippen LogP contribution < -0.4 is 23.8 Å². The van der Waals surface area contributed by atoms with Gasteiger partial charge in [0, 0.05) is 24.2 Å². The number of hydrogen-bond acceptors (Lipinski definition) is 7. The lowest BCUT2D eigenvalue weighted by Crippen LogP contribution is -2.29. The van der Waals surface area contributed by atoms with Gasteiger partial charge < -0.3 is 19.5 Å². The first-order valence-electron chi connectivity index (χ1n) is 8.68. The highest BCUT2D eigenvalue weighted by molar-refractivity contribution is 7.94. The lowest BCUT2D eigenvalue weighted by molar-refractivity contribution is -0.116. The van der Waals surface area contributed by atoms with E-state index in [1.807, 2.05) is 0 Å². The van der Waals surface area contributed by atoms with Gasteiger partial charge in [0.2, 0.25) is 21.7 Å². The van der Waals surface area contributed by atoms with E-state index in [2.05, 4.69) is 5.32 Å². The van der Waals surface area contributed by atoms with Crippen molar-refractivity contribution < 1.29 is 32.2 Å². The third-order valence-electron chi connectivity index (χ3n) is 4.43. The van der Waals surface area contributed by atoms with Gasteiger partial charge in [-0.25, -0.2) is 12.7 Å². The zero-order chi connectivity index (χ0) is 22.1. The molecule has 0 spiro atoms. The lowest BCUT2D eigenvalue weighted by Gasteiger charge is -2.17. The summed E-state index contributed by atoms with van der Waals surface area (Å²) in [6.45, 7) is 0. The molecule has 11 heteroatoms. The standard InChI is InChI=1S/C19H19ClN2O7S/c1-27-15-8-11(9-16(28-2)18(15)29-3)21-19(24)13-10-12(4-5-14(13)20)22-17(23)6-7-30(22,25)26/h4-5,8-10H,6-7H2,1-3H3,(H,21,24). The summed E-state index contributed by atoms with van der Waals surface area (Å²) in [6, 6.07) is 7.06. The van der Waals surface area contributed by atoms with Crippen molar-refractivity contribution in [2.24, 2.45) is 0 Å². The van der Waals surface area contributed by atoms with Crippen molar-refractivity contribution in [2.75, 3.05) is 36.7 Å². The average Bonchev–Trinajstić information content (AvgIpc) is 2.99. The summed E-state index contributed by atoms with van der Waals surface area (Å²) < 4.78 is 40.8. The van der Waals surface area contributed by atoms with Gasteiger partial charge in [-0.15, -0.1) is 0 Å². The number of amides is 2. The molecule has 1 aliphatic rings. The van der Waals surface area contributed by atoms with E-state index >= 15 is 0 Å². The topological polar surface area (TPSA) is 111 Å². The number of rotatable bonds is 6. The van der Waals surface area contributed by atoms with Crippen molar-refractivity contribution in [3.05, 3.63) is 40.9 Å². The summed E-state index contributed by atoms with van der Waals surface area (Å²) in [6.07, 6.45) is -0.113. The number of anilines is 2. The van der Waals surface area contributed by atoms with E-state index in [1.165, 1.54) is 51.7 Å². The largest absolute Gasteiger partial charge is 0.493 e. The summed E-state index contributed by atoms with van der Waals surface area (Å²) in [5.74, 6) is -0.424. The quantitative estimate of drug-likeness (QED) is 0.714. The number of hydrogen-bond donors (Lipinski definition) is 1. The van der Waals surface area contributed by atoms with Crippen molar-refractivity contribution in [3.63, 3.8) is 0 Å². The van der Waals surface area contributed by atoms with E-state index in [0.29, 0.717) is 27.2 Å². The minimum absolute atomic E-state index is 0.00202. The Kier molecular flexibility index (Phi) is 6.09. The fourth-order valence-corrected chi connectivity index (χ4v) is 4.69. The maximum Gasteiger partial charge on any atom is 0.257 e. The summed E-state index contributed by atoms with van der Waals surface area (Å²) in [5.41, 5.74) is 0.385. The van der Waals surface area contributed by atoms with Crippen molar-refractivity contribution in [1.82, 2.24) is 0 Å². The molecule has 0 radical (unpaired) electrons. The second kappa shape index (κ2) is 8.41. The number of ether oxygens (including phenoxy) is 3. The van der Waals surface area contributed by atoms with Crippen LogP contribution in [0.2, 0.25) is 5.02 Å². The van der Waals surface area contributed by atoms with Crippen molar-refractivity contribution >= 4 is 44.8 Å². The first kappa shape index (κ1) is 21.7. The third-order valence-corrected chi connectivity index (χ3v) is 6.45. The van der Waals surface area contributed by atoms with Crippen LogP contribution in [0.3, 0.4) is 0 Å². The normalized spacial score (nSPS) is 15.1. The number of methoxy groups -OCH3 is 3. The van der Waals surface area contributed by atoms with Crippen LogP contribution in [-0.2, 0) is 14.8 Å². The SMILES string of the molecule is COc1cc(NC(=O)c2cc(N3C(=O)CCS3(=O)=O)ccc2Cl)cc(OC)c1OC. The molecule has 1 saturated heterocycles. The Morgan fingerprint density at radius 3 is 2.20 bits per heavy atom. The summed E-state index contributed by atoms with van der Waals surface area (Å²) in [7, 11) is 0.571. The number of nitrogens with zero attached hydrogens (tertiary/aromatic N) is 1. The van der Waals surface area contributed by atoms with E-state index in [-0.39, 0.29) is 28.4 Å². The van der Waals surface area contributed by atoms with Gasteiger partial charge in [-0.05, 0) is 18.2 Å². The molecule has 0 bridgehead atoms. The van der Waals surface area contributed by atoms with Gasteiger partial charge in [-0.3, -0.25) is 9.59 Å². The number of carbonyl (C=O) groups is 2. The first-order chi connectivity index (χ1) is 14.2. The molecule has 0 aliphatic carbocycles. The molecule has 160 valence electrons. The van der Waals surface area contributed by atoms with Gasteiger partial charge in [0.1, 0.15) is 0 Å². The fourth-order valence-electron chi connectivity index (χ4n) is 3.03. The van der Waals surface area contributed by atoms with Gasteiger partial charge in [0.25, 0.3) is 5.91 Å². The first-order valence-corrected chi connectivity index (χ1v) is 10.7. The van der Waals surface area contributed by atoms with Gasteiger partial charge in [-0.1, -0.05) is 11.6 Å². The molecule has 0 saturated carbocycles. The van der Waals surface area contributed by atoms with E-state index in [9.17, 15) is 18.0 Å². The predicted molar refractivity (Wildman–Crippen MR) is 111 cm³/mol. The van der Waals surface area contributed by atoms with Crippen LogP contribution >= 0.6 is 11.6 Å². The van der Waals surface area contributed by atoms with Crippen LogP contribution in [0.15, 0.2) is 30.3 Å². The fraction of sp³-hybridized carbons (Fsp3) is 0.263. The van der Waals surface area contributed by atoms with Crippen molar-refractivity contribution in [1.29, 1.82) is 0 Å². The van der Waals surface area contributed by atoms with Crippen LogP contribution in [0.4, 0.5) is 11.4 Å². The number of nitrogens with one attached hydrogen (secondary N) is 1. The smallest absolute Gasteiger partial charge is 0.257 e. The number of benzene rings is 2. The van der Waals surface area contributed by atoms with Gasteiger partial charge in [-0.2, -0.15) is 0 Å². The third kappa shape index (κ3) is 4.01. The second-order valence-corrected chi connectivity index (χ2v) is 8.60. The van der Waals surface area contributed by atoms with E-state index in [4.69, 9.17) is 25.8 Å². The molecule has 9 nitrogen and oxygen atoms in total. The van der Waals surface area contributed by atoms with Crippen LogP contribution in [0, 0.1) is 0 Å². The molecule has 1 aliphatic heterocycles. The molecule has 0 unspecified atom stereocenters. The van der Waals surface area contributed by atoms with Crippen LogP contribution in [0.25, 0.3) is 0 Å². The molecule has 2 aromatic carbocycles. The summed E-state index contributed by atoms with van der Waals surface area (Å²) in [5, 5.41) is 2.75. The highest BCUT2D eigenvalue weighted by Gasteiger charge is 2.36. The Morgan fingerprint density at radius 2 is 1.70 bits per heavy atom. The lowest BCUT2D eigenvalue weighted by atomic mass is 10.1. The minimum atomic E-state index is -3.77. The molecule has 0 aromatic heterocycles. The van der Waals surface area contributed by atoms with Crippen LogP contribution in [-0.4, -0.2) is 47.3 Å². The molecular formula is C19H19ClN2O7S. The number of carbonyl (C=O) groups excluding carboxylic acids is 2. The Morgan fingerprint density at radius 1 is 1.07 bits per heavy atom. The van der Waals surface area contributed by atoms with Gasteiger partial charge in [0.15, 0.2) is 11.5 Å². The molecule has 3 rings (SSSR count). The highest BCUT2D eigenvalue weighted by Crippen LogP contribution is 2.40. The Labute approximate surface area is 178 Å². The van der Waals surface area contributed by atoms with E-state index < -0.39 is 21.8 Å². The zero-order valence-electron chi connectivity index (χ0n) is 16.4. The Balaban J connectivity index is 1.96. The maximum atomic E-state index is 12.8. The zero-order valence-corrected chi connectivity index (χ0v) is 18.0. The second-order valence-electron chi connectivity index (χ2n) is 6.26. The molecule has 0 atom stereocenters. The molecule has 2 amide bonds. The van der Waals surface area contributed by atoms with E-state index in [1.54, 1.807) is 0 Å². The summed E-state index contributed by atoms with van der Waals surface area (Å²) in [4.78, 5) is 24.9. The van der Waals surface area contributed by atoms with Crippen LogP contribution in [0.1, 0.15) is 16.8 Å². The predicted octanol–water partition coefficient (Wildman–Crippen LogP) is 2.68. The molecule has 1 fully saturated rings. The van der Waals surface area contributed by atoms with Crippen molar-refractivity contribution in [3.8, 4) is 17.2 Å². The van der Waals surface area contributed by atoms with Crippen LogP contribution in [0.5, 0.6) is 17.2 Å². The molecule has 2 aromatic rings. The summed E-state index contributed by atoms with van der Waals surface area (Å²) >= 11 is 6.15. The Bertz CT molecular complexity index is 1090. The molecule has 1 heterocycles. The maximum absolute atomic E-state index is 12.8. The van der Waals surface area contributed by atoms with Gasteiger partial charge >= 0.3 is 0 Å².